The van der Waals surface area contributed by atoms with Crippen LogP contribution in [-0.4, -0.2) is 23.4 Å². The van der Waals surface area contributed by atoms with E-state index < -0.39 is 0 Å². The predicted molar refractivity (Wildman–Crippen MR) is 53.6 cm³/mol. The van der Waals surface area contributed by atoms with Crippen LogP contribution >= 0.6 is 0 Å². The Bertz CT molecular complexity index is 226. The van der Waals surface area contributed by atoms with E-state index in [2.05, 4.69) is 0 Å². The minimum atomic E-state index is 0.385. The molecule has 0 amide bonds. The zero-order valence-corrected chi connectivity index (χ0v) is 8.60. The molecule has 80 valence electrons. The highest BCUT2D eigenvalue weighted by Crippen LogP contribution is 2.61. The van der Waals surface area contributed by atoms with Crippen molar-refractivity contribution < 1.29 is 10.2 Å². The lowest BCUT2D eigenvalue weighted by Crippen LogP contribution is -2.26. The number of hydrogen-bond acceptors (Lipinski definition) is 2. The third kappa shape index (κ3) is 1.10. The van der Waals surface area contributed by atoms with Gasteiger partial charge in [0.25, 0.3) is 0 Å². The Hall–Kier alpha value is -0.0800. The summed E-state index contributed by atoms with van der Waals surface area (Å²) in [5.41, 5.74) is 0. The highest BCUT2D eigenvalue weighted by Gasteiger charge is 2.55. The van der Waals surface area contributed by atoms with Gasteiger partial charge in [0, 0.05) is 13.2 Å². The van der Waals surface area contributed by atoms with Gasteiger partial charge in [-0.2, -0.15) is 0 Å². The van der Waals surface area contributed by atoms with Gasteiger partial charge in [0.1, 0.15) is 0 Å². The van der Waals surface area contributed by atoms with E-state index in [1.54, 1.807) is 0 Å². The Kier molecular flexibility index (Phi) is 2.10. The molecular formula is C12H20O2. The zero-order chi connectivity index (χ0) is 9.71. The molecule has 0 aromatic rings. The van der Waals surface area contributed by atoms with Gasteiger partial charge in [-0.25, -0.2) is 0 Å². The van der Waals surface area contributed by atoms with Crippen LogP contribution in [-0.2, 0) is 0 Å². The van der Waals surface area contributed by atoms with Gasteiger partial charge in [-0.3, -0.25) is 0 Å². The number of aliphatic hydroxyl groups excluding tert-OH is 2. The minimum absolute atomic E-state index is 0.385. The second-order valence-corrected chi connectivity index (χ2v) is 5.69. The molecule has 3 rings (SSSR count). The standard InChI is InChI=1S/C12H20O2/c13-5-7-1-10-8-3-9(6-14)11(4-8)12(10)2-7/h7-14H,1-6H2/t7-,8+,9-,10-,11-,12-/m1/s1. The second kappa shape index (κ2) is 3.21. The van der Waals surface area contributed by atoms with Gasteiger partial charge in [0.15, 0.2) is 0 Å². The van der Waals surface area contributed by atoms with Gasteiger partial charge < -0.3 is 10.2 Å². The van der Waals surface area contributed by atoms with Crippen LogP contribution in [0.4, 0.5) is 0 Å². The van der Waals surface area contributed by atoms with Crippen LogP contribution in [0.5, 0.6) is 0 Å². The van der Waals surface area contributed by atoms with Crippen molar-refractivity contribution in [1.29, 1.82) is 0 Å². The maximum absolute atomic E-state index is 9.28. The second-order valence-electron chi connectivity index (χ2n) is 5.69. The Labute approximate surface area is 85.3 Å². The molecule has 0 spiro atoms. The summed E-state index contributed by atoms with van der Waals surface area (Å²) in [5, 5.41) is 18.5. The van der Waals surface area contributed by atoms with Gasteiger partial charge >= 0.3 is 0 Å². The van der Waals surface area contributed by atoms with E-state index in [9.17, 15) is 10.2 Å². The topological polar surface area (TPSA) is 40.5 Å². The minimum Gasteiger partial charge on any atom is -0.396 e. The molecule has 0 saturated heterocycles. The number of rotatable bonds is 2. The summed E-state index contributed by atoms with van der Waals surface area (Å²) in [4.78, 5) is 0. The van der Waals surface area contributed by atoms with Crippen molar-refractivity contribution in [1.82, 2.24) is 0 Å². The van der Waals surface area contributed by atoms with Crippen LogP contribution in [0.1, 0.15) is 25.7 Å². The summed E-state index contributed by atoms with van der Waals surface area (Å²) in [7, 11) is 0. The molecule has 2 heteroatoms. The average Bonchev–Trinajstić information content (AvgIpc) is 2.87. The highest BCUT2D eigenvalue weighted by molar-refractivity contribution is 5.04. The van der Waals surface area contributed by atoms with E-state index in [1.807, 2.05) is 0 Å². The zero-order valence-electron chi connectivity index (χ0n) is 8.60. The third-order valence-corrected chi connectivity index (χ3v) is 5.20. The summed E-state index contributed by atoms with van der Waals surface area (Å²) in [5.74, 6) is 4.61. The lowest BCUT2D eigenvalue weighted by molar-refractivity contribution is 0.120. The van der Waals surface area contributed by atoms with Crippen molar-refractivity contribution in [3.05, 3.63) is 0 Å². The molecule has 2 bridgehead atoms. The SMILES string of the molecule is OC[C@H]1C[C@@H]2[C@H](C1)[C@H]1C[C@H](CO)[C@H]2C1. The van der Waals surface area contributed by atoms with Gasteiger partial charge in [-0.05, 0) is 61.2 Å². The molecule has 6 atom stereocenters. The Morgan fingerprint density at radius 3 is 2.29 bits per heavy atom. The molecule has 0 unspecified atom stereocenters. The maximum atomic E-state index is 9.28. The fourth-order valence-corrected chi connectivity index (χ4v) is 4.68. The predicted octanol–water partition coefficient (Wildman–Crippen LogP) is 1.27. The van der Waals surface area contributed by atoms with Crippen molar-refractivity contribution in [2.75, 3.05) is 13.2 Å². The van der Waals surface area contributed by atoms with Crippen LogP contribution in [0, 0.1) is 35.5 Å². The van der Waals surface area contributed by atoms with Crippen LogP contribution in [0.15, 0.2) is 0 Å². The van der Waals surface area contributed by atoms with Gasteiger partial charge in [-0.1, -0.05) is 0 Å². The first-order valence-corrected chi connectivity index (χ1v) is 6.05. The van der Waals surface area contributed by atoms with Gasteiger partial charge in [0.2, 0.25) is 0 Å². The maximum Gasteiger partial charge on any atom is 0.0462 e. The highest BCUT2D eigenvalue weighted by atomic mass is 16.3. The van der Waals surface area contributed by atoms with Crippen LogP contribution in [0.2, 0.25) is 0 Å². The largest absolute Gasteiger partial charge is 0.396 e. The molecule has 14 heavy (non-hydrogen) atoms. The number of fused-ring (bicyclic) bond motifs is 5. The first kappa shape index (κ1) is 9.17. The fourth-order valence-electron chi connectivity index (χ4n) is 4.68. The smallest absolute Gasteiger partial charge is 0.0462 e. The number of aliphatic hydroxyl groups is 2. The number of hydrogen-bond donors (Lipinski definition) is 2. The van der Waals surface area contributed by atoms with Crippen LogP contribution in [0.3, 0.4) is 0 Å². The Balaban J connectivity index is 1.75. The van der Waals surface area contributed by atoms with E-state index in [0.29, 0.717) is 25.0 Å². The van der Waals surface area contributed by atoms with Crippen LogP contribution < -0.4 is 0 Å². The van der Waals surface area contributed by atoms with Crippen molar-refractivity contribution in [2.45, 2.75) is 25.7 Å². The molecule has 0 radical (unpaired) electrons. The fraction of sp³-hybridized carbons (Fsp3) is 1.00. The molecule has 3 aliphatic rings. The van der Waals surface area contributed by atoms with Crippen molar-refractivity contribution in [3.63, 3.8) is 0 Å². The van der Waals surface area contributed by atoms with E-state index in [1.165, 1.54) is 25.7 Å². The molecular weight excluding hydrogens is 176 g/mol. The lowest BCUT2D eigenvalue weighted by Gasteiger charge is -2.30. The third-order valence-electron chi connectivity index (χ3n) is 5.20. The van der Waals surface area contributed by atoms with Crippen molar-refractivity contribution >= 4 is 0 Å². The van der Waals surface area contributed by atoms with Gasteiger partial charge in [-0.15, -0.1) is 0 Å². The molecule has 3 fully saturated rings. The first-order valence-electron chi connectivity index (χ1n) is 6.05. The van der Waals surface area contributed by atoms with Crippen molar-refractivity contribution in [3.8, 4) is 0 Å². The molecule has 0 aromatic carbocycles. The van der Waals surface area contributed by atoms with Crippen LogP contribution in [0.25, 0.3) is 0 Å². The van der Waals surface area contributed by atoms with E-state index in [4.69, 9.17) is 0 Å². The van der Waals surface area contributed by atoms with Crippen molar-refractivity contribution in [2.24, 2.45) is 35.5 Å². The van der Waals surface area contributed by atoms with Gasteiger partial charge in [0.05, 0.1) is 0 Å². The average molecular weight is 196 g/mol. The summed E-state index contributed by atoms with van der Waals surface area (Å²) in [6.45, 7) is 0.782. The monoisotopic (exact) mass is 196 g/mol. The Morgan fingerprint density at radius 1 is 0.786 bits per heavy atom. The summed E-state index contributed by atoms with van der Waals surface area (Å²) in [6.07, 6.45) is 5.14. The van der Waals surface area contributed by atoms with E-state index in [0.717, 1.165) is 23.7 Å². The lowest BCUT2D eigenvalue weighted by atomic mass is 9.76. The molecule has 3 aliphatic carbocycles. The molecule has 0 aliphatic heterocycles. The summed E-state index contributed by atoms with van der Waals surface area (Å²) < 4.78 is 0. The normalized spacial score (nSPS) is 55.3. The summed E-state index contributed by atoms with van der Waals surface area (Å²) in [6, 6.07) is 0. The molecule has 2 nitrogen and oxygen atoms in total. The molecule has 0 heterocycles. The molecule has 0 aromatic heterocycles. The first-order chi connectivity index (χ1) is 6.83. The Morgan fingerprint density at radius 2 is 1.57 bits per heavy atom. The summed E-state index contributed by atoms with van der Waals surface area (Å²) >= 11 is 0. The molecule has 3 saturated carbocycles. The quantitative estimate of drug-likeness (QED) is 0.698. The molecule has 2 N–H and O–H groups in total. The van der Waals surface area contributed by atoms with E-state index >= 15 is 0 Å². The van der Waals surface area contributed by atoms with E-state index in [-0.39, 0.29) is 0 Å².